The third-order valence-electron chi connectivity index (χ3n) is 1.50. The molecule has 66 valence electrons. The van der Waals surface area contributed by atoms with Gasteiger partial charge in [0.1, 0.15) is 18.6 Å². The molecular weight excluding hydrogens is 166 g/mol. The molecule has 3 heteroatoms. The van der Waals surface area contributed by atoms with Gasteiger partial charge >= 0.3 is 0 Å². The van der Waals surface area contributed by atoms with Crippen molar-refractivity contribution in [3.8, 4) is 11.8 Å². The standard InChI is InChI=1S/C10H9NO2/c11-6-1-7-13-10-4-2-9(8-12)3-5-10/h2-5,8H,1,7H2. The van der Waals surface area contributed by atoms with E-state index < -0.39 is 0 Å². The number of nitriles is 1. The largest absolute Gasteiger partial charge is 0.493 e. The molecule has 1 aromatic carbocycles. The summed E-state index contributed by atoms with van der Waals surface area (Å²) in [5.41, 5.74) is 0.618. The molecule has 0 saturated carbocycles. The van der Waals surface area contributed by atoms with Gasteiger partial charge in [0.05, 0.1) is 12.5 Å². The van der Waals surface area contributed by atoms with Gasteiger partial charge in [-0.05, 0) is 24.3 Å². The third-order valence-corrected chi connectivity index (χ3v) is 1.50. The minimum absolute atomic E-state index is 0.370. The molecule has 3 nitrogen and oxygen atoms in total. The van der Waals surface area contributed by atoms with Gasteiger partial charge in [-0.15, -0.1) is 0 Å². The van der Waals surface area contributed by atoms with Gasteiger partial charge in [-0.25, -0.2) is 0 Å². The van der Waals surface area contributed by atoms with Crippen molar-refractivity contribution in [1.29, 1.82) is 5.26 Å². The van der Waals surface area contributed by atoms with Gasteiger partial charge in [0.15, 0.2) is 0 Å². The van der Waals surface area contributed by atoms with Crippen molar-refractivity contribution >= 4 is 6.29 Å². The zero-order chi connectivity index (χ0) is 9.52. The Labute approximate surface area is 76.6 Å². The van der Waals surface area contributed by atoms with Gasteiger partial charge in [-0.1, -0.05) is 0 Å². The third kappa shape index (κ3) is 2.96. The summed E-state index contributed by atoms with van der Waals surface area (Å²) in [6, 6.07) is 8.75. The SMILES string of the molecule is N#CCCOc1ccc(C=O)cc1. The van der Waals surface area contributed by atoms with E-state index in [1.54, 1.807) is 24.3 Å². The molecule has 1 rings (SSSR count). The van der Waals surface area contributed by atoms with E-state index in [-0.39, 0.29) is 0 Å². The molecule has 13 heavy (non-hydrogen) atoms. The highest BCUT2D eigenvalue weighted by molar-refractivity contribution is 5.74. The van der Waals surface area contributed by atoms with Crippen LogP contribution in [0.15, 0.2) is 24.3 Å². The summed E-state index contributed by atoms with van der Waals surface area (Å²) in [5.74, 6) is 0.681. The van der Waals surface area contributed by atoms with Crippen molar-refractivity contribution in [2.24, 2.45) is 0 Å². The number of aldehydes is 1. The number of benzene rings is 1. The van der Waals surface area contributed by atoms with Gasteiger partial charge in [0.2, 0.25) is 0 Å². The fourth-order valence-corrected chi connectivity index (χ4v) is 0.857. The monoisotopic (exact) mass is 175 g/mol. The Balaban J connectivity index is 2.50. The molecule has 0 aromatic heterocycles. The van der Waals surface area contributed by atoms with Crippen molar-refractivity contribution in [2.45, 2.75) is 6.42 Å². The van der Waals surface area contributed by atoms with E-state index in [0.29, 0.717) is 24.3 Å². The van der Waals surface area contributed by atoms with E-state index in [1.165, 1.54) is 0 Å². The average Bonchev–Trinajstić information content (AvgIpc) is 2.19. The van der Waals surface area contributed by atoms with Crippen LogP contribution >= 0.6 is 0 Å². The first-order valence-electron chi connectivity index (χ1n) is 3.92. The first kappa shape index (κ1) is 9.27. The minimum Gasteiger partial charge on any atom is -0.493 e. The van der Waals surface area contributed by atoms with Gasteiger partial charge in [0, 0.05) is 5.56 Å². The zero-order valence-corrected chi connectivity index (χ0v) is 7.06. The summed E-state index contributed by atoms with van der Waals surface area (Å²) >= 11 is 0. The molecule has 1 aromatic rings. The molecule has 0 saturated heterocycles. The van der Waals surface area contributed by atoms with Crippen LogP contribution in [0.2, 0.25) is 0 Å². The van der Waals surface area contributed by atoms with Crippen molar-refractivity contribution < 1.29 is 9.53 Å². The summed E-state index contributed by atoms with van der Waals surface area (Å²) in [5, 5.41) is 8.25. The van der Waals surface area contributed by atoms with Gasteiger partial charge < -0.3 is 4.74 Å². The molecule has 0 fully saturated rings. The van der Waals surface area contributed by atoms with Crippen molar-refractivity contribution in [3.05, 3.63) is 29.8 Å². The quantitative estimate of drug-likeness (QED) is 0.517. The van der Waals surface area contributed by atoms with Gasteiger partial charge in [0.25, 0.3) is 0 Å². The van der Waals surface area contributed by atoms with Crippen LogP contribution in [0.5, 0.6) is 5.75 Å². The van der Waals surface area contributed by atoms with Crippen molar-refractivity contribution in [2.75, 3.05) is 6.61 Å². The summed E-state index contributed by atoms with van der Waals surface area (Å²) in [6.07, 6.45) is 1.15. The normalized spacial score (nSPS) is 8.85. The van der Waals surface area contributed by atoms with E-state index in [4.69, 9.17) is 10.00 Å². The number of hydrogen-bond acceptors (Lipinski definition) is 3. The highest BCUT2D eigenvalue weighted by Gasteiger charge is 1.93. The maximum Gasteiger partial charge on any atom is 0.150 e. The number of ether oxygens (including phenoxy) is 1. The molecule has 0 N–H and O–H groups in total. The lowest BCUT2D eigenvalue weighted by Gasteiger charge is -2.02. The highest BCUT2D eigenvalue weighted by atomic mass is 16.5. The molecule has 0 atom stereocenters. The molecule has 0 spiro atoms. The topological polar surface area (TPSA) is 50.1 Å². The number of carbonyl (C=O) groups is 1. The van der Waals surface area contributed by atoms with E-state index in [2.05, 4.69) is 0 Å². The lowest BCUT2D eigenvalue weighted by Crippen LogP contribution is -1.95. The summed E-state index contributed by atoms with van der Waals surface area (Å²) in [7, 11) is 0. The van der Waals surface area contributed by atoms with Gasteiger partial charge in [-0.3, -0.25) is 4.79 Å². The van der Waals surface area contributed by atoms with Crippen LogP contribution in [-0.2, 0) is 0 Å². The van der Waals surface area contributed by atoms with Crippen molar-refractivity contribution in [3.63, 3.8) is 0 Å². The average molecular weight is 175 g/mol. The second-order valence-corrected chi connectivity index (χ2v) is 2.44. The summed E-state index contributed by atoms with van der Waals surface area (Å²) in [4.78, 5) is 10.3. The molecule has 0 amide bonds. The molecular formula is C10H9NO2. The van der Waals surface area contributed by atoms with Crippen LogP contribution in [-0.4, -0.2) is 12.9 Å². The molecule has 0 heterocycles. The zero-order valence-electron chi connectivity index (χ0n) is 7.06. The number of nitrogens with zero attached hydrogens (tertiary/aromatic N) is 1. The molecule has 0 bridgehead atoms. The first-order chi connectivity index (χ1) is 6.36. The number of rotatable bonds is 4. The lowest BCUT2D eigenvalue weighted by atomic mass is 10.2. The van der Waals surface area contributed by atoms with Crippen LogP contribution < -0.4 is 4.74 Å². The minimum atomic E-state index is 0.370. The Kier molecular flexibility index (Phi) is 3.52. The Hall–Kier alpha value is -1.82. The summed E-state index contributed by atoms with van der Waals surface area (Å²) in [6.45, 7) is 0.386. The van der Waals surface area contributed by atoms with Crippen LogP contribution in [0.4, 0.5) is 0 Å². The van der Waals surface area contributed by atoms with E-state index in [1.807, 2.05) is 6.07 Å². The smallest absolute Gasteiger partial charge is 0.150 e. The lowest BCUT2D eigenvalue weighted by molar-refractivity contribution is 0.112. The highest BCUT2D eigenvalue weighted by Crippen LogP contribution is 2.10. The first-order valence-corrected chi connectivity index (χ1v) is 3.92. The Morgan fingerprint density at radius 2 is 2.08 bits per heavy atom. The maximum absolute atomic E-state index is 10.3. The molecule has 0 aliphatic carbocycles. The Bertz CT molecular complexity index is 311. The molecule has 0 aliphatic heterocycles. The predicted molar refractivity (Wildman–Crippen MR) is 47.6 cm³/mol. The fourth-order valence-electron chi connectivity index (χ4n) is 0.857. The molecule has 0 aliphatic rings. The maximum atomic E-state index is 10.3. The van der Waals surface area contributed by atoms with Crippen LogP contribution in [0.1, 0.15) is 16.8 Å². The van der Waals surface area contributed by atoms with E-state index in [9.17, 15) is 4.79 Å². The van der Waals surface area contributed by atoms with Gasteiger partial charge in [-0.2, -0.15) is 5.26 Å². The van der Waals surface area contributed by atoms with E-state index >= 15 is 0 Å². The van der Waals surface area contributed by atoms with E-state index in [0.717, 1.165) is 6.29 Å². The van der Waals surface area contributed by atoms with Crippen LogP contribution in [0.3, 0.4) is 0 Å². The molecule has 0 radical (unpaired) electrons. The van der Waals surface area contributed by atoms with Crippen LogP contribution in [0.25, 0.3) is 0 Å². The second-order valence-electron chi connectivity index (χ2n) is 2.44. The van der Waals surface area contributed by atoms with Crippen molar-refractivity contribution in [1.82, 2.24) is 0 Å². The fraction of sp³-hybridized carbons (Fsp3) is 0.200. The number of hydrogen-bond donors (Lipinski definition) is 0. The number of carbonyl (C=O) groups excluding carboxylic acids is 1. The summed E-state index contributed by atoms with van der Waals surface area (Å²) < 4.78 is 5.21. The second kappa shape index (κ2) is 4.94. The Morgan fingerprint density at radius 3 is 2.62 bits per heavy atom. The predicted octanol–water partition coefficient (Wildman–Crippen LogP) is 1.79. The van der Waals surface area contributed by atoms with Crippen LogP contribution in [0, 0.1) is 11.3 Å². The molecule has 0 unspecified atom stereocenters. The Morgan fingerprint density at radius 1 is 1.38 bits per heavy atom.